The molecule has 1 rings (SSSR count). The smallest absolute Gasteiger partial charge is 0.335 e. The van der Waals surface area contributed by atoms with Gasteiger partial charge in [0.15, 0.2) is 5.60 Å². The van der Waals surface area contributed by atoms with Crippen molar-refractivity contribution in [2.75, 3.05) is 0 Å². The van der Waals surface area contributed by atoms with Crippen LogP contribution in [-0.2, 0) is 4.79 Å². The fourth-order valence-corrected chi connectivity index (χ4v) is 0.706. The van der Waals surface area contributed by atoms with Crippen molar-refractivity contribution in [2.24, 2.45) is 5.92 Å². The van der Waals surface area contributed by atoms with Gasteiger partial charge in [-0.05, 0) is 12.3 Å². The molecule has 0 spiro atoms. The molecular formula is C5H8O3. The zero-order valence-corrected chi connectivity index (χ0v) is 4.59. The molecule has 2 atom stereocenters. The first-order valence-electron chi connectivity index (χ1n) is 2.53. The SMILES string of the molecule is C[C@@H]1CC1(O)C(=O)O. The van der Waals surface area contributed by atoms with E-state index in [2.05, 4.69) is 0 Å². The molecule has 0 bridgehead atoms. The van der Waals surface area contributed by atoms with Crippen molar-refractivity contribution >= 4 is 5.97 Å². The van der Waals surface area contributed by atoms with E-state index in [0.29, 0.717) is 6.42 Å². The van der Waals surface area contributed by atoms with Crippen molar-refractivity contribution in [3.63, 3.8) is 0 Å². The van der Waals surface area contributed by atoms with Gasteiger partial charge in [0.1, 0.15) is 0 Å². The van der Waals surface area contributed by atoms with Gasteiger partial charge in [0.2, 0.25) is 0 Å². The Morgan fingerprint density at radius 1 is 1.88 bits per heavy atom. The van der Waals surface area contributed by atoms with Crippen molar-refractivity contribution < 1.29 is 15.0 Å². The molecule has 0 aromatic carbocycles. The van der Waals surface area contributed by atoms with Gasteiger partial charge < -0.3 is 10.2 Å². The van der Waals surface area contributed by atoms with Crippen LogP contribution in [0.1, 0.15) is 13.3 Å². The van der Waals surface area contributed by atoms with Gasteiger partial charge >= 0.3 is 5.97 Å². The summed E-state index contributed by atoms with van der Waals surface area (Å²) in [4.78, 5) is 10.0. The summed E-state index contributed by atoms with van der Waals surface area (Å²) >= 11 is 0. The summed E-state index contributed by atoms with van der Waals surface area (Å²) < 4.78 is 0. The van der Waals surface area contributed by atoms with Gasteiger partial charge in [-0.3, -0.25) is 0 Å². The average molecular weight is 116 g/mol. The summed E-state index contributed by atoms with van der Waals surface area (Å²) in [6.07, 6.45) is 0.405. The Labute approximate surface area is 46.9 Å². The van der Waals surface area contributed by atoms with Crippen LogP contribution in [-0.4, -0.2) is 21.8 Å². The number of carboxylic acids is 1. The van der Waals surface area contributed by atoms with Crippen molar-refractivity contribution in [1.82, 2.24) is 0 Å². The number of aliphatic hydroxyl groups is 1. The van der Waals surface area contributed by atoms with Crippen molar-refractivity contribution in [3.05, 3.63) is 0 Å². The van der Waals surface area contributed by atoms with E-state index in [9.17, 15) is 4.79 Å². The predicted molar refractivity (Wildman–Crippen MR) is 26.4 cm³/mol. The van der Waals surface area contributed by atoms with Gasteiger partial charge in [0.25, 0.3) is 0 Å². The van der Waals surface area contributed by atoms with Crippen LogP contribution in [0, 0.1) is 5.92 Å². The van der Waals surface area contributed by atoms with Crippen molar-refractivity contribution in [2.45, 2.75) is 18.9 Å². The zero-order chi connectivity index (χ0) is 6.36. The van der Waals surface area contributed by atoms with E-state index in [1.807, 2.05) is 0 Å². The molecule has 0 aliphatic heterocycles. The van der Waals surface area contributed by atoms with Gasteiger partial charge in [-0.2, -0.15) is 0 Å². The van der Waals surface area contributed by atoms with E-state index in [-0.39, 0.29) is 5.92 Å². The van der Waals surface area contributed by atoms with Crippen LogP contribution in [0.2, 0.25) is 0 Å². The molecule has 1 aliphatic rings. The monoisotopic (exact) mass is 116 g/mol. The summed E-state index contributed by atoms with van der Waals surface area (Å²) in [7, 11) is 0. The zero-order valence-electron chi connectivity index (χ0n) is 4.59. The maximum absolute atomic E-state index is 10.0. The molecule has 1 unspecified atom stereocenters. The molecule has 0 heterocycles. The van der Waals surface area contributed by atoms with E-state index in [1.165, 1.54) is 0 Å². The van der Waals surface area contributed by atoms with Crippen LogP contribution in [0.4, 0.5) is 0 Å². The fourth-order valence-electron chi connectivity index (χ4n) is 0.706. The Kier molecular flexibility index (Phi) is 0.854. The average Bonchev–Trinajstić information content (AvgIpc) is 2.17. The summed E-state index contributed by atoms with van der Waals surface area (Å²) in [6, 6.07) is 0. The Morgan fingerprint density at radius 3 is 2.25 bits per heavy atom. The van der Waals surface area contributed by atoms with E-state index >= 15 is 0 Å². The van der Waals surface area contributed by atoms with Gasteiger partial charge in [-0.15, -0.1) is 0 Å². The second kappa shape index (κ2) is 1.23. The molecule has 2 N–H and O–H groups in total. The maximum Gasteiger partial charge on any atom is 0.335 e. The predicted octanol–water partition coefficient (Wildman–Crippen LogP) is -0.158. The second-order valence-electron chi connectivity index (χ2n) is 2.33. The van der Waals surface area contributed by atoms with E-state index in [0.717, 1.165) is 0 Å². The second-order valence-corrected chi connectivity index (χ2v) is 2.33. The number of hydrogen-bond donors (Lipinski definition) is 2. The molecule has 3 heteroatoms. The lowest BCUT2D eigenvalue weighted by atomic mass is 10.3. The quantitative estimate of drug-likeness (QED) is 0.500. The van der Waals surface area contributed by atoms with E-state index < -0.39 is 11.6 Å². The topological polar surface area (TPSA) is 57.5 Å². The molecule has 0 aromatic rings. The Bertz CT molecular complexity index is 132. The van der Waals surface area contributed by atoms with Crippen LogP contribution in [0.15, 0.2) is 0 Å². The number of rotatable bonds is 1. The minimum atomic E-state index is -1.38. The van der Waals surface area contributed by atoms with Crippen LogP contribution in [0.5, 0.6) is 0 Å². The third-order valence-corrected chi connectivity index (χ3v) is 1.64. The highest BCUT2D eigenvalue weighted by Crippen LogP contribution is 2.42. The molecule has 0 radical (unpaired) electrons. The lowest BCUT2D eigenvalue weighted by molar-refractivity contribution is -0.149. The Balaban J connectivity index is 2.60. The molecule has 8 heavy (non-hydrogen) atoms. The lowest BCUT2D eigenvalue weighted by Gasteiger charge is -1.97. The molecule has 1 saturated carbocycles. The highest BCUT2D eigenvalue weighted by atomic mass is 16.4. The highest BCUT2D eigenvalue weighted by molar-refractivity contribution is 5.81. The van der Waals surface area contributed by atoms with Crippen molar-refractivity contribution in [3.8, 4) is 0 Å². The molecule has 3 nitrogen and oxygen atoms in total. The Morgan fingerprint density at radius 2 is 2.25 bits per heavy atom. The third kappa shape index (κ3) is 0.512. The molecule has 1 fully saturated rings. The summed E-state index contributed by atoms with van der Waals surface area (Å²) in [5.74, 6) is -1.15. The number of carbonyl (C=O) groups is 1. The Hall–Kier alpha value is -0.570. The molecular weight excluding hydrogens is 108 g/mol. The van der Waals surface area contributed by atoms with Gasteiger partial charge in [0.05, 0.1) is 0 Å². The van der Waals surface area contributed by atoms with E-state index in [4.69, 9.17) is 10.2 Å². The minimum Gasteiger partial charge on any atom is -0.479 e. The number of aliphatic carboxylic acids is 1. The lowest BCUT2D eigenvalue weighted by Crippen LogP contribution is -2.22. The molecule has 1 aliphatic carbocycles. The summed E-state index contributed by atoms with van der Waals surface area (Å²) in [5, 5.41) is 17.1. The largest absolute Gasteiger partial charge is 0.479 e. The van der Waals surface area contributed by atoms with Gasteiger partial charge in [0, 0.05) is 0 Å². The van der Waals surface area contributed by atoms with Gasteiger partial charge in [-0.1, -0.05) is 6.92 Å². The van der Waals surface area contributed by atoms with E-state index in [1.54, 1.807) is 6.92 Å². The summed E-state index contributed by atoms with van der Waals surface area (Å²) in [6.45, 7) is 1.72. The molecule has 46 valence electrons. The fraction of sp³-hybridized carbons (Fsp3) is 0.800. The number of hydrogen-bond acceptors (Lipinski definition) is 2. The van der Waals surface area contributed by atoms with Crippen LogP contribution >= 0.6 is 0 Å². The first-order chi connectivity index (χ1) is 3.57. The first-order valence-corrected chi connectivity index (χ1v) is 2.53. The molecule has 0 aromatic heterocycles. The highest BCUT2D eigenvalue weighted by Gasteiger charge is 2.56. The first kappa shape index (κ1) is 5.56. The summed E-state index contributed by atoms with van der Waals surface area (Å²) in [5.41, 5.74) is -1.38. The van der Waals surface area contributed by atoms with Crippen LogP contribution in [0.3, 0.4) is 0 Å². The third-order valence-electron chi connectivity index (χ3n) is 1.64. The van der Waals surface area contributed by atoms with Crippen molar-refractivity contribution in [1.29, 1.82) is 0 Å². The standard InChI is InChI=1S/C5H8O3/c1-3-2-5(3,8)4(6)7/h3,8H,2H2,1H3,(H,6,7)/t3-,5?/m1/s1. The van der Waals surface area contributed by atoms with Crippen LogP contribution in [0.25, 0.3) is 0 Å². The maximum atomic E-state index is 10.0. The van der Waals surface area contributed by atoms with Crippen LogP contribution < -0.4 is 0 Å². The normalized spacial score (nSPS) is 44.0. The van der Waals surface area contributed by atoms with Gasteiger partial charge in [-0.25, -0.2) is 4.79 Å². The molecule has 0 saturated heterocycles. The molecule has 0 amide bonds. The minimum absolute atomic E-state index is 0.0556. The number of carboxylic acid groups (broad SMARTS) is 1.